The molecule has 1 amide bonds. The van der Waals surface area contributed by atoms with Gasteiger partial charge < -0.3 is 4.90 Å². The van der Waals surface area contributed by atoms with Crippen LogP contribution in [0.5, 0.6) is 0 Å². The van der Waals surface area contributed by atoms with Gasteiger partial charge in [-0.15, -0.1) is 0 Å². The Balaban J connectivity index is 1.75. The number of amides is 1. The Kier molecular flexibility index (Phi) is 4.22. The Morgan fingerprint density at radius 1 is 1.32 bits per heavy atom. The van der Waals surface area contributed by atoms with Crippen LogP contribution in [0, 0.1) is 5.92 Å². The first kappa shape index (κ1) is 14.7. The minimum Gasteiger partial charge on any atom is -0.339 e. The zero-order valence-electron chi connectivity index (χ0n) is 13.0. The Hall–Kier alpha value is -2.18. The second-order valence-electron chi connectivity index (χ2n) is 6.13. The van der Waals surface area contributed by atoms with Gasteiger partial charge in [0, 0.05) is 25.5 Å². The van der Waals surface area contributed by atoms with Crippen LogP contribution < -0.4 is 0 Å². The first-order valence-corrected chi connectivity index (χ1v) is 7.79. The van der Waals surface area contributed by atoms with E-state index in [0.29, 0.717) is 6.54 Å². The maximum atomic E-state index is 13.0. The minimum absolute atomic E-state index is 0.123. The van der Waals surface area contributed by atoms with Crippen molar-refractivity contribution < 1.29 is 4.79 Å². The molecule has 2 aromatic heterocycles. The number of aromatic nitrogens is 5. The summed E-state index contributed by atoms with van der Waals surface area (Å²) in [5, 5.41) is 8.48. The highest BCUT2D eigenvalue weighted by atomic mass is 16.2. The highest BCUT2D eigenvalue weighted by Gasteiger charge is 2.32. The van der Waals surface area contributed by atoms with Crippen LogP contribution in [0.1, 0.15) is 38.8 Å². The van der Waals surface area contributed by atoms with Crippen LogP contribution in [-0.4, -0.2) is 48.4 Å². The van der Waals surface area contributed by atoms with E-state index in [4.69, 9.17) is 0 Å². The number of hydrogen-bond donors (Lipinski definition) is 0. The Labute approximate surface area is 129 Å². The molecule has 0 unspecified atom stereocenters. The molecule has 118 valence electrons. The third-order valence-electron chi connectivity index (χ3n) is 4.21. The lowest BCUT2D eigenvalue weighted by atomic mass is 10.00. The molecule has 7 nitrogen and oxygen atoms in total. The largest absolute Gasteiger partial charge is 0.339 e. The highest BCUT2D eigenvalue weighted by Crippen LogP contribution is 2.25. The normalized spacial score (nSPS) is 20.3. The average molecular weight is 302 g/mol. The van der Waals surface area contributed by atoms with Gasteiger partial charge in [-0.05, 0) is 24.8 Å². The van der Waals surface area contributed by atoms with E-state index < -0.39 is 0 Å². The molecule has 3 rings (SSSR count). The molecular weight excluding hydrogens is 280 g/mol. The molecule has 0 spiro atoms. The van der Waals surface area contributed by atoms with E-state index in [-0.39, 0.29) is 23.9 Å². The van der Waals surface area contributed by atoms with Crippen LogP contribution >= 0.6 is 0 Å². The predicted molar refractivity (Wildman–Crippen MR) is 81.0 cm³/mol. The van der Waals surface area contributed by atoms with E-state index in [1.54, 1.807) is 17.2 Å². The zero-order chi connectivity index (χ0) is 15.5. The lowest BCUT2D eigenvalue weighted by molar-refractivity contribution is -0.138. The fourth-order valence-electron chi connectivity index (χ4n) is 3.12. The van der Waals surface area contributed by atoms with Crippen LogP contribution in [0.4, 0.5) is 0 Å². The number of carbonyl (C=O) groups is 1. The summed E-state index contributed by atoms with van der Waals surface area (Å²) in [6.45, 7) is 5.59. The van der Waals surface area contributed by atoms with Gasteiger partial charge in [0.1, 0.15) is 18.7 Å². The van der Waals surface area contributed by atoms with E-state index >= 15 is 0 Å². The second kappa shape index (κ2) is 6.29. The molecule has 1 aliphatic heterocycles. The molecular formula is C15H22N6O. The smallest absolute Gasteiger partial charge is 0.247 e. The summed E-state index contributed by atoms with van der Waals surface area (Å²) in [4.78, 5) is 18.9. The molecule has 3 heterocycles. The lowest BCUT2D eigenvalue weighted by Crippen LogP contribution is -2.45. The van der Waals surface area contributed by atoms with Crippen molar-refractivity contribution in [2.75, 3.05) is 13.1 Å². The predicted octanol–water partition coefficient (Wildman–Crippen LogP) is 1.54. The number of carbonyl (C=O) groups excluding carboxylic acids is 1. The molecule has 7 heteroatoms. The summed E-state index contributed by atoms with van der Waals surface area (Å²) in [6.07, 6.45) is 8.91. The Morgan fingerprint density at radius 2 is 2.18 bits per heavy atom. The molecule has 2 aromatic rings. The van der Waals surface area contributed by atoms with Crippen LogP contribution in [0.3, 0.4) is 0 Å². The molecule has 0 aliphatic carbocycles. The lowest BCUT2D eigenvalue weighted by Gasteiger charge is -2.35. The summed E-state index contributed by atoms with van der Waals surface area (Å²) < 4.78 is 3.63. The van der Waals surface area contributed by atoms with Gasteiger partial charge in [-0.1, -0.05) is 13.8 Å². The van der Waals surface area contributed by atoms with E-state index in [9.17, 15) is 4.79 Å². The Morgan fingerprint density at radius 3 is 2.82 bits per heavy atom. The van der Waals surface area contributed by atoms with Gasteiger partial charge in [0.05, 0.1) is 6.04 Å². The van der Waals surface area contributed by atoms with Crippen LogP contribution in [0.2, 0.25) is 0 Å². The van der Waals surface area contributed by atoms with Crippen molar-refractivity contribution in [2.45, 2.75) is 38.8 Å². The highest BCUT2D eigenvalue weighted by molar-refractivity contribution is 5.80. The molecule has 0 bridgehead atoms. The molecule has 0 radical (unpaired) electrons. The summed E-state index contributed by atoms with van der Waals surface area (Å²) >= 11 is 0. The summed E-state index contributed by atoms with van der Waals surface area (Å²) in [6, 6.07) is 1.89. The van der Waals surface area contributed by atoms with E-state index in [1.807, 2.05) is 35.7 Å². The maximum absolute atomic E-state index is 13.0. The van der Waals surface area contributed by atoms with Gasteiger partial charge >= 0.3 is 0 Å². The van der Waals surface area contributed by atoms with Crippen LogP contribution in [-0.2, 0) is 4.79 Å². The van der Waals surface area contributed by atoms with Gasteiger partial charge in [0.25, 0.3) is 0 Å². The molecule has 1 fully saturated rings. The number of hydrogen-bond acceptors (Lipinski definition) is 4. The van der Waals surface area contributed by atoms with Crippen molar-refractivity contribution in [1.82, 2.24) is 29.4 Å². The van der Waals surface area contributed by atoms with Crippen molar-refractivity contribution in [1.29, 1.82) is 0 Å². The zero-order valence-corrected chi connectivity index (χ0v) is 13.0. The first-order chi connectivity index (χ1) is 10.7. The number of likely N-dealkylation sites (tertiary alicyclic amines) is 1. The molecule has 0 saturated carbocycles. The van der Waals surface area contributed by atoms with E-state index in [2.05, 4.69) is 15.2 Å². The summed E-state index contributed by atoms with van der Waals surface area (Å²) in [5.74, 6) is 0.289. The number of nitrogens with zero attached hydrogens (tertiary/aromatic N) is 6. The molecule has 1 aliphatic rings. The van der Waals surface area contributed by atoms with Crippen LogP contribution in [0.15, 0.2) is 31.1 Å². The van der Waals surface area contributed by atoms with Gasteiger partial charge in [-0.2, -0.15) is 10.2 Å². The molecule has 1 saturated heterocycles. The topological polar surface area (TPSA) is 68.8 Å². The van der Waals surface area contributed by atoms with Gasteiger partial charge in [0.2, 0.25) is 5.91 Å². The summed E-state index contributed by atoms with van der Waals surface area (Å²) in [5.41, 5.74) is 0. The Bertz CT molecular complexity index is 592. The fourth-order valence-corrected chi connectivity index (χ4v) is 3.12. The van der Waals surface area contributed by atoms with Crippen LogP contribution in [0.25, 0.3) is 0 Å². The third kappa shape index (κ3) is 2.88. The maximum Gasteiger partial charge on any atom is 0.247 e. The second-order valence-corrected chi connectivity index (χ2v) is 6.13. The SMILES string of the molecule is CC(C)[C@@H](C(=O)N1CCC[C@@H](n2cccn2)C1)n1cncn1. The van der Waals surface area contributed by atoms with E-state index in [0.717, 1.165) is 19.4 Å². The molecule has 0 aromatic carbocycles. The van der Waals surface area contributed by atoms with Crippen molar-refractivity contribution in [3.63, 3.8) is 0 Å². The average Bonchev–Trinajstić information content (AvgIpc) is 3.21. The monoisotopic (exact) mass is 302 g/mol. The van der Waals surface area contributed by atoms with Crippen molar-refractivity contribution in [3.05, 3.63) is 31.1 Å². The van der Waals surface area contributed by atoms with Gasteiger partial charge in [-0.25, -0.2) is 9.67 Å². The molecule has 2 atom stereocenters. The quantitative estimate of drug-likeness (QED) is 0.859. The molecule has 0 N–H and O–H groups in total. The first-order valence-electron chi connectivity index (χ1n) is 7.79. The third-order valence-corrected chi connectivity index (χ3v) is 4.21. The van der Waals surface area contributed by atoms with Gasteiger partial charge in [-0.3, -0.25) is 9.48 Å². The number of piperidine rings is 1. The summed E-state index contributed by atoms with van der Waals surface area (Å²) in [7, 11) is 0. The van der Waals surface area contributed by atoms with Gasteiger partial charge in [0.15, 0.2) is 0 Å². The fraction of sp³-hybridized carbons (Fsp3) is 0.600. The van der Waals surface area contributed by atoms with E-state index in [1.165, 1.54) is 6.33 Å². The van der Waals surface area contributed by atoms with Crippen molar-refractivity contribution >= 4 is 5.91 Å². The minimum atomic E-state index is -0.293. The molecule has 22 heavy (non-hydrogen) atoms. The number of rotatable bonds is 4. The van der Waals surface area contributed by atoms with Crippen molar-refractivity contribution in [2.24, 2.45) is 5.92 Å². The van der Waals surface area contributed by atoms with Crippen molar-refractivity contribution in [3.8, 4) is 0 Å². The standard InChI is InChI=1S/C15H22N6O/c1-12(2)14(21-11-16-10-18-21)15(22)19-7-3-5-13(9-19)20-8-4-6-17-20/h4,6,8,10-14H,3,5,7,9H2,1-2H3/t13-,14+/m1/s1.